The van der Waals surface area contributed by atoms with E-state index in [2.05, 4.69) is 32.5 Å². The van der Waals surface area contributed by atoms with Gasteiger partial charge >= 0.3 is 11.9 Å². The van der Waals surface area contributed by atoms with Crippen molar-refractivity contribution in [1.82, 2.24) is 0 Å². The molecule has 0 aromatic heterocycles. The molecule has 0 spiro atoms. The van der Waals surface area contributed by atoms with Gasteiger partial charge in [0.2, 0.25) is 0 Å². The molecule has 0 aliphatic heterocycles. The number of methoxy groups -OCH3 is 1. The van der Waals surface area contributed by atoms with Crippen molar-refractivity contribution in [2.75, 3.05) is 7.11 Å². The second-order valence-corrected chi connectivity index (χ2v) is 4.00. The van der Waals surface area contributed by atoms with Gasteiger partial charge in [0.25, 0.3) is 0 Å². The van der Waals surface area contributed by atoms with Crippen molar-refractivity contribution in [1.29, 1.82) is 0 Å². The lowest BCUT2D eigenvalue weighted by Crippen LogP contribution is -1.98. The molecule has 0 amide bonds. The maximum Gasteiger partial charge on any atom is 0.335 e. The average molecular weight is 297 g/mol. The highest BCUT2D eigenvalue weighted by Gasteiger charge is 2.04. The van der Waals surface area contributed by atoms with Crippen molar-refractivity contribution < 1.29 is 19.4 Å². The molecule has 0 aliphatic carbocycles. The van der Waals surface area contributed by atoms with Crippen LogP contribution in [0.1, 0.15) is 22.3 Å². The fraction of sp³-hybridized carbons (Fsp3) is 0.167. The number of carboxylic acid groups (broad SMARTS) is 1. The van der Waals surface area contributed by atoms with Gasteiger partial charge in [-0.25, -0.2) is 4.79 Å². The third-order valence-electron chi connectivity index (χ3n) is 1.84. The number of hydrogen-bond acceptors (Lipinski definition) is 3. The number of benzene rings is 1. The second kappa shape index (κ2) is 6.06. The molecule has 0 radical (unpaired) electrons. The van der Waals surface area contributed by atoms with Crippen LogP contribution in [0, 0.1) is 11.8 Å². The van der Waals surface area contributed by atoms with E-state index >= 15 is 0 Å². The smallest absolute Gasteiger partial charge is 0.335 e. The first-order valence-electron chi connectivity index (χ1n) is 4.62. The molecule has 1 aromatic rings. The fourth-order valence-electron chi connectivity index (χ4n) is 1.08. The number of carboxylic acids is 1. The van der Waals surface area contributed by atoms with Gasteiger partial charge < -0.3 is 9.84 Å². The molecule has 0 saturated carbocycles. The maximum absolute atomic E-state index is 10.8. The van der Waals surface area contributed by atoms with Gasteiger partial charge in [0.15, 0.2) is 0 Å². The zero-order valence-electron chi connectivity index (χ0n) is 8.99. The van der Waals surface area contributed by atoms with Crippen LogP contribution in [0.3, 0.4) is 0 Å². The van der Waals surface area contributed by atoms with Gasteiger partial charge in [-0.1, -0.05) is 27.8 Å². The van der Waals surface area contributed by atoms with Crippen molar-refractivity contribution in [3.05, 3.63) is 33.8 Å². The SMILES string of the molecule is COC(=O)CC#Cc1cc(Br)cc(C(=O)O)c1. The first-order chi connectivity index (χ1) is 8.02. The van der Waals surface area contributed by atoms with Crippen molar-refractivity contribution in [2.24, 2.45) is 0 Å². The van der Waals surface area contributed by atoms with Crippen molar-refractivity contribution in [3.8, 4) is 11.8 Å². The van der Waals surface area contributed by atoms with Crippen LogP contribution in [0.5, 0.6) is 0 Å². The summed E-state index contributed by atoms with van der Waals surface area (Å²) in [4.78, 5) is 21.6. The summed E-state index contributed by atoms with van der Waals surface area (Å²) in [5.41, 5.74) is 0.669. The summed E-state index contributed by atoms with van der Waals surface area (Å²) < 4.78 is 5.05. The van der Waals surface area contributed by atoms with Crippen LogP contribution >= 0.6 is 15.9 Å². The topological polar surface area (TPSA) is 63.6 Å². The third kappa shape index (κ3) is 4.29. The molecule has 0 bridgehead atoms. The van der Waals surface area contributed by atoms with Gasteiger partial charge in [-0.15, -0.1) is 0 Å². The van der Waals surface area contributed by atoms with E-state index in [9.17, 15) is 9.59 Å². The van der Waals surface area contributed by atoms with Crippen LogP contribution in [0.25, 0.3) is 0 Å². The average Bonchev–Trinajstić information content (AvgIpc) is 2.28. The minimum Gasteiger partial charge on any atom is -0.478 e. The van der Waals surface area contributed by atoms with Gasteiger partial charge in [-0.2, -0.15) is 0 Å². The standard InChI is InChI=1S/C12H9BrO4/c1-17-11(14)4-2-3-8-5-9(12(15)16)7-10(13)6-8/h5-7H,4H2,1H3,(H,15,16). The normalized spacial score (nSPS) is 9.06. The second-order valence-electron chi connectivity index (χ2n) is 3.09. The summed E-state index contributed by atoms with van der Waals surface area (Å²) in [5.74, 6) is 3.86. The van der Waals surface area contributed by atoms with E-state index in [4.69, 9.17) is 5.11 Å². The molecule has 0 unspecified atom stereocenters. The predicted octanol–water partition coefficient (Wildman–Crippen LogP) is 2.06. The predicted molar refractivity (Wildman–Crippen MR) is 64.6 cm³/mol. The summed E-state index contributed by atoms with van der Waals surface area (Å²) in [6, 6.07) is 4.60. The van der Waals surface area contributed by atoms with Gasteiger partial charge in [-0.05, 0) is 18.2 Å². The maximum atomic E-state index is 10.8. The van der Waals surface area contributed by atoms with E-state index < -0.39 is 11.9 Å². The number of halogens is 1. The number of rotatable bonds is 2. The molecule has 0 fully saturated rings. The van der Waals surface area contributed by atoms with Gasteiger partial charge in [0.05, 0.1) is 12.7 Å². The van der Waals surface area contributed by atoms with E-state index in [0.717, 1.165) is 0 Å². The van der Waals surface area contributed by atoms with E-state index in [-0.39, 0.29) is 12.0 Å². The Morgan fingerprint density at radius 2 is 2.12 bits per heavy atom. The first-order valence-corrected chi connectivity index (χ1v) is 5.42. The summed E-state index contributed by atoms with van der Waals surface area (Å²) in [7, 11) is 1.28. The molecular formula is C12H9BrO4. The van der Waals surface area contributed by atoms with Crippen molar-refractivity contribution >= 4 is 27.9 Å². The zero-order valence-corrected chi connectivity index (χ0v) is 10.6. The Morgan fingerprint density at radius 1 is 1.41 bits per heavy atom. The molecule has 17 heavy (non-hydrogen) atoms. The molecule has 1 aromatic carbocycles. The summed E-state index contributed by atoms with van der Waals surface area (Å²) in [6.45, 7) is 0. The van der Waals surface area contributed by atoms with E-state index in [1.807, 2.05) is 0 Å². The number of hydrogen-bond donors (Lipinski definition) is 1. The Kier molecular flexibility index (Phi) is 4.73. The summed E-state index contributed by atoms with van der Waals surface area (Å²) in [5, 5.41) is 8.84. The fourth-order valence-corrected chi connectivity index (χ4v) is 1.57. The van der Waals surface area contributed by atoms with Gasteiger partial charge in [-0.3, -0.25) is 4.79 Å². The quantitative estimate of drug-likeness (QED) is 0.670. The Hall–Kier alpha value is -1.80. The molecule has 0 aliphatic rings. The van der Waals surface area contributed by atoms with Crippen LogP contribution in [-0.4, -0.2) is 24.2 Å². The van der Waals surface area contributed by atoms with Crippen LogP contribution in [-0.2, 0) is 9.53 Å². The lowest BCUT2D eigenvalue weighted by Gasteiger charge is -1.97. The Labute approximate surface area is 107 Å². The molecule has 1 rings (SSSR count). The third-order valence-corrected chi connectivity index (χ3v) is 2.30. The molecular weight excluding hydrogens is 288 g/mol. The van der Waals surface area contributed by atoms with E-state index in [1.54, 1.807) is 6.07 Å². The number of carbonyl (C=O) groups excluding carboxylic acids is 1. The van der Waals surface area contributed by atoms with Crippen LogP contribution in [0.2, 0.25) is 0 Å². The highest BCUT2D eigenvalue weighted by atomic mass is 79.9. The number of ether oxygens (including phenoxy) is 1. The molecule has 5 heteroatoms. The lowest BCUT2D eigenvalue weighted by atomic mass is 10.1. The molecule has 88 valence electrons. The van der Waals surface area contributed by atoms with Gasteiger partial charge in [0, 0.05) is 10.0 Å². The van der Waals surface area contributed by atoms with Crippen molar-refractivity contribution in [2.45, 2.75) is 6.42 Å². The largest absolute Gasteiger partial charge is 0.478 e. The van der Waals surface area contributed by atoms with Crippen LogP contribution in [0.4, 0.5) is 0 Å². The van der Waals surface area contributed by atoms with Crippen molar-refractivity contribution in [3.63, 3.8) is 0 Å². The molecule has 0 heterocycles. The summed E-state index contributed by atoms with van der Waals surface area (Å²) >= 11 is 3.19. The monoisotopic (exact) mass is 296 g/mol. The van der Waals surface area contributed by atoms with Gasteiger partial charge in [0.1, 0.15) is 6.42 Å². The minimum atomic E-state index is -1.03. The number of esters is 1. The zero-order chi connectivity index (χ0) is 12.8. The number of aromatic carboxylic acids is 1. The Balaban J connectivity index is 2.91. The first kappa shape index (κ1) is 13.3. The van der Waals surface area contributed by atoms with E-state index in [1.165, 1.54) is 19.2 Å². The Bertz CT molecular complexity index is 511. The highest BCUT2D eigenvalue weighted by molar-refractivity contribution is 9.10. The summed E-state index contributed by atoms with van der Waals surface area (Å²) in [6.07, 6.45) is -0.0224. The van der Waals surface area contributed by atoms with Crippen LogP contribution < -0.4 is 0 Å². The lowest BCUT2D eigenvalue weighted by molar-refractivity contribution is -0.139. The molecule has 1 N–H and O–H groups in total. The molecule has 4 nitrogen and oxygen atoms in total. The number of carbonyl (C=O) groups is 2. The molecule has 0 atom stereocenters. The minimum absolute atomic E-state index is 0.0224. The van der Waals surface area contributed by atoms with E-state index in [0.29, 0.717) is 10.0 Å². The highest BCUT2D eigenvalue weighted by Crippen LogP contribution is 2.15. The van der Waals surface area contributed by atoms with Crippen LogP contribution in [0.15, 0.2) is 22.7 Å². The Morgan fingerprint density at radius 3 is 2.71 bits per heavy atom. The molecule has 0 saturated heterocycles.